The van der Waals surface area contributed by atoms with Gasteiger partial charge in [0.1, 0.15) is 0 Å². The van der Waals surface area contributed by atoms with Gasteiger partial charge in [0.2, 0.25) is 0 Å². The molecule has 0 amide bonds. The van der Waals surface area contributed by atoms with Crippen molar-refractivity contribution in [3.05, 3.63) is 158 Å². The van der Waals surface area contributed by atoms with Crippen molar-refractivity contribution in [1.29, 1.82) is 0 Å². The highest BCUT2D eigenvalue weighted by atomic mass is 32.2. The molecule has 1 aliphatic rings. The summed E-state index contributed by atoms with van der Waals surface area (Å²) in [7, 11) is 0. The number of nitrogens with zero attached hydrogens (tertiary/aromatic N) is 4. The zero-order valence-corrected chi connectivity index (χ0v) is 27.0. The Bertz CT molecular complexity index is 2970. The maximum absolute atomic E-state index is 5.20. The predicted molar refractivity (Wildman–Crippen MR) is 203 cm³/mol. The van der Waals surface area contributed by atoms with Gasteiger partial charge in [-0.15, -0.1) is 0 Å². The zero-order chi connectivity index (χ0) is 32.1. The molecule has 0 aliphatic carbocycles. The summed E-state index contributed by atoms with van der Waals surface area (Å²) in [6.45, 7) is 0. The van der Waals surface area contributed by atoms with Gasteiger partial charge in [-0.1, -0.05) is 121 Å². The molecule has 0 saturated heterocycles. The van der Waals surface area contributed by atoms with E-state index in [0.29, 0.717) is 5.82 Å². The standard InChI is InChI=1S/C44H26N4S/c1-2-13-27(14-3-1)42-30-17-4-7-20-33(30)45-44(46-42)28-15-12-16-29(25-28)47-34-21-8-5-18-31(34)40-37(47)26-39-43-41(40)32-19-6-9-22-35(32)48(43)36-23-10-11-24-38(36)49-39/h1-26H. The molecule has 7 aromatic carbocycles. The van der Waals surface area contributed by atoms with Crippen molar-refractivity contribution < 1.29 is 0 Å². The van der Waals surface area contributed by atoms with Crippen molar-refractivity contribution in [3.63, 3.8) is 0 Å². The van der Waals surface area contributed by atoms with Gasteiger partial charge in [-0.2, -0.15) is 0 Å². The summed E-state index contributed by atoms with van der Waals surface area (Å²) in [5.41, 5.74) is 11.2. The smallest absolute Gasteiger partial charge is 0.160 e. The average molecular weight is 643 g/mol. The lowest BCUT2D eigenvalue weighted by atomic mass is 10.1. The van der Waals surface area contributed by atoms with Crippen molar-refractivity contribution in [3.8, 4) is 34.0 Å². The predicted octanol–water partition coefficient (Wildman–Crippen LogP) is 11.6. The van der Waals surface area contributed by atoms with E-state index >= 15 is 0 Å². The van der Waals surface area contributed by atoms with Gasteiger partial charge in [0.25, 0.3) is 0 Å². The van der Waals surface area contributed by atoms with Crippen LogP contribution in [0.5, 0.6) is 0 Å². The molecule has 0 spiro atoms. The molecule has 0 atom stereocenters. The molecular weight excluding hydrogens is 617 g/mol. The van der Waals surface area contributed by atoms with Crippen LogP contribution in [0.1, 0.15) is 0 Å². The zero-order valence-electron chi connectivity index (χ0n) is 26.2. The number of hydrogen-bond donors (Lipinski definition) is 0. The summed E-state index contributed by atoms with van der Waals surface area (Å²) in [6, 6.07) is 56.2. The van der Waals surface area contributed by atoms with Gasteiger partial charge in [0.05, 0.1) is 39.0 Å². The Morgan fingerprint density at radius 3 is 1.98 bits per heavy atom. The number of para-hydroxylation sites is 4. The molecule has 10 aromatic rings. The summed E-state index contributed by atoms with van der Waals surface area (Å²) in [5.74, 6) is 0.716. The molecule has 1 aliphatic heterocycles. The van der Waals surface area contributed by atoms with E-state index in [9.17, 15) is 0 Å². The van der Waals surface area contributed by atoms with Crippen LogP contribution < -0.4 is 0 Å². The Balaban J connectivity index is 1.20. The van der Waals surface area contributed by atoms with Gasteiger partial charge in [0.15, 0.2) is 5.82 Å². The summed E-state index contributed by atoms with van der Waals surface area (Å²) >= 11 is 1.87. The van der Waals surface area contributed by atoms with E-state index in [1.165, 1.54) is 59.1 Å². The molecule has 4 heterocycles. The average Bonchev–Trinajstić information content (AvgIpc) is 3.69. The minimum absolute atomic E-state index is 0.716. The molecule has 11 rings (SSSR count). The fraction of sp³-hybridized carbons (Fsp3) is 0. The Hall–Kier alpha value is -6.17. The molecule has 3 aromatic heterocycles. The molecule has 228 valence electrons. The van der Waals surface area contributed by atoms with Crippen LogP contribution in [0.2, 0.25) is 0 Å². The third-order valence-electron chi connectivity index (χ3n) is 9.88. The van der Waals surface area contributed by atoms with E-state index in [0.717, 1.165) is 33.4 Å². The normalized spacial score (nSPS) is 12.4. The second kappa shape index (κ2) is 10.2. The Labute approximate surface area is 285 Å². The van der Waals surface area contributed by atoms with Crippen molar-refractivity contribution in [2.24, 2.45) is 0 Å². The maximum Gasteiger partial charge on any atom is 0.160 e. The molecule has 5 heteroatoms. The molecule has 49 heavy (non-hydrogen) atoms. The van der Waals surface area contributed by atoms with Crippen LogP contribution in [0.3, 0.4) is 0 Å². The molecule has 0 bridgehead atoms. The lowest BCUT2D eigenvalue weighted by Gasteiger charge is -2.20. The molecule has 0 fully saturated rings. The Morgan fingerprint density at radius 2 is 1.12 bits per heavy atom. The van der Waals surface area contributed by atoms with E-state index in [1.54, 1.807) is 0 Å². The third kappa shape index (κ3) is 3.82. The fourth-order valence-electron chi connectivity index (χ4n) is 7.84. The Morgan fingerprint density at radius 1 is 0.449 bits per heavy atom. The van der Waals surface area contributed by atoms with Gasteiger partial charge in [0, 0.05) is 53.5 Å². The van der Waals surface area contributed by atoms with Crippen LogP contribution in [0.15, 0.2) is 168 Å². The summed E-state index contributed by atoms with van der Waals surface area (Å²) in [6.07, 6.45) is 0. The van der Waals surface area contributed by atoms with Crippen molar-refractivity contribution in [1.82, 2.24) is 19.1 Å². The fourth-order valence-corrected chi connectivity index (χ4v) is 8.94. The van der Waals surface area contributed by atoms with Crippen LogP contribution in [0.25, 0.3) is 88.5 Å². The Kier molecular flexibility index (Phi) is 5.57. The second-order valence-corrected chi connectivity index (χ2v) is 13.7. The highest BCUT2D eigenvalue weighted by Crippen LogP contribution is 2.51. The summed E-state index contributed by atoms with van der Waals surface area (Å²) in [4.78, 5) is 12.8. The lowest BCUT2D eigenvalue weighted by Crippen LogP contribution is -2.02. The second-order valence-electron chi connectivity index (χ2n) is 12.6. The minimum atomic E-state index is 0.716. The number of rotatable bonds is 3. The van der Waals surface area contributed by atoms with E-state index in [2.05, 4.69) is 155 Å². The molecule has 4 nitrogen and oxygen atoms in total. The topological polar surface area (TPSA) is 35.6 Å². The largest absolute Gasteiger partial charge is 0.309 e. The van der Waals surface area contributed by atoms with Crippen molar-refractivity contribution in [2.45, 2.75) is 9.79 Å². The van der Waals surface area contributed by atoms with Crippen LogP contribution in [-0.4, -0.2) is 19.1 Å². The molecular formula is C44H26N4S. The van der Waals surface area contributed by atoms with Gasteiger partial charge in [-0.25, -0.2) is 9.97 Å². The minimum Gasteiger partial charge on any atom is -0.309 e. The van der Waals surface area contributed by atoms with E-state index in [4.69, 9.17) is 9.97 Å². The van der Waals surface area contributed by atoms with Crippen molar-refractivity contribution >= 4 is 66.3 Å². The number of aromatic nitrogens is 4. The third-order valence-corrected chi connectivity index (χ3v) is 11.0. The SMILES string of the molecule is c1ccc(-c2nc(-c3cccc(-n4c5ccccc5c5c6c7ccccc7n7c6c(cc54)Sc4ccccc4-7)c3)nc3ccccc23)cc1. The van der Waals surface area contributed by atoms with E-state index < -0.39 is 0 Å². The van der Waals surface area contributed by atoms with Crippen LogP contribution in [0.4, 0.5) is 0 Å². The summed E-state index contributed by atoms with van der Waals surface area (Å²) < 4.78 is 4.90. The number of benzene rings is 7. The first kappa shape index (κ1) is 26.9. The van der Waals surface area contributed by atoms with Gasteiger partial charge in [-0.3, -0.25) is 0 Å². The molecule has 0 saturated carbocycles. The van der Waals surface area contributed by atoms with Crippen molar-refractivity contribution in [2.75, 3.05) is 0 Å². The number of fused-ring (bicyclic) bond motifs is 10. The molecule has 0 N–H and O–H groups in total. The number of hydrogen-bond acceptors (Lipinski definition) is 3. The molecule has 0 unspecified atom stereocenters. The van der Waals surface area contributed by atoms with E-state index in [1.807, 2.05) is 23.9 Å². The summed E-state index contributed by atoms with van der Waals surface area (Å²) in [5, 5.41) is 6.16. The monoisotopic (exact) mass is 642 g/mol. The van der Waals surface area contributed by atoms with Gasteiger partial charge >= 0.3 is 0 Å². The van der Waals surface area contributed by atoms with Gasteiger partial charge in [-0.05, 0) is 48.5 Å². The first-order valence-corrected chi connectivity index (χ1v) is 17.3. The maximum atomic E-state index is 5.20. The lowest BCUT2D eigenvalue weighted by molar-refractivity contribution is 1.09. The van der Waals surface area contributed by atoms with Gasteiger partial charge < -0.3 is 9.13 Å². The highest BCUT2D eigenvalue weighted by molar-refractivity contribution is 7.99. The highest BCUT2D eigenvalue weighted by Gasteiger charge is 2.27. The first-order chi connectivity index (χ1) is 24.3. The quantitative estimate of drug-likeness (QED) is 0.192. The molecule has 0 radical (unpaired) electrons. The van der Waals surface area contributed by atoms with Crippen LogP contribution >= 0.6 is 11.8 Å². The van der Waals surface area contributed by atoms with Crippen LogP contribution in [-0.2, 0) is 0 Å². The van der Waals surface area contributed by atoms with Crippen LogP contribution in [0, 0.1) is 0 Å². The first-order valence-electron chi connectivity index (χ1n) is 16.5. The van der Waals surface area contributed by atoms with E-state index in [-0.39, 0.29) is 0 Å².